The van der Waals surface area contributed by atoms with E-state index in [1.54, 1.807) is 0 Å². The summed E-state index contributed by atoms with van der Waals surface area (Å²) >= 11 is 0. The summed E-state index contributed by atoms with van der Waals surface area (Å²) in [6.45, 7) is 8.32. The maximum Gasteiger partial charge on any atom is 0.330 e. The minimum Gasteiger partial charge on any atom is -0.368 e. The van der Waals surface area contributed by atoms with Crippen molar-refractivity contribution in [1.29, 1.82) is 0 Å². The van der Waals surface area contributed by atoms with Crippen molar-refractivity contribution in [3.05, 3.63) is 26.7 Å². The van der Waals surface area contributed by atoms with Crippen molar-refractivity contribution >= 4 is 11.2 Å². The van der Waals surface area contributed by atoms with Crippen molar-refractivity contribution < 1.29 is 4.74 Å². The van der Waals surface area contributed by atoms with Crippen molar-refractivity contribution in [2.75, 3.05) is 0 Å². The van der Waals surface area contributed by atoms with Crippen molar-refractivity contribution in [2.45, 2.75) is 46.4 Å². The first-order valence-corrected chi connectivity index (χ1v) is 6.17. The van der Waals surface area contributed by atoms with Crippen LogP contribution in [0.15, 0.2) is 9.59 Å². The van der Waals surface area contributed by atoms with E-state index in [9.17, 15) is 9.59 Å². The molecule has 0 saturated heterocycles. The van der Waals surface area contributed by atoms with Crippen LogP contribution in [0.2, 0.25) is 0 Å². The molecule has 2 rings (SSSR count). The Balaban J connectivity index is 2.48. The van der Waals surface area contributed by atoms with E-state index in [0.29, 0.717) is 23.5 Å². The van der Waals surface area contributed by atoms with Gasteiger partial charge in [0.25, 0.3) is 5.56 Å². The van der Waals surface area contributed by atoms with Crippen LogP contribution in [0.3, 0.4) is 0 Å². The molecule has 0 amide bonds. The monoisotopic (exact) mass is 266 g/mol. The maximum absolute atomic E-state index is 11.7. The van der Waals surface area contributed by atoms with E-state index >= 15 is 0 Å². The fourth-order valence-electron chi connectivity index (χ4n) is 1.74. The zero-order valence-electron chi connectivity index (χ0n) is 11.5. The number of hydrogen-bond donors (Lipinski definition) is 2. The lowest BCUT2D eigenvalue weighted by molar-refractivity contribution is -0.0177. The Morgan fingerprint density at radius 2 is 1.95 bits per heavy atom. The molecule has 0 fully saturated rings. The third-order valence-electron chi connectivity index (χ3n) is 2.64. The van der Waals surface area contributed by atoms with E-state index < -0.39 is 11.2 Å². The van der Waals surface area contributed by atoms with Crippen LogP contribution in [-0.4, -0.2) is 25.1 Å². The van der Waals surface area contributed by atoms with Gasteiger partial charge >= 0.3 is 5.69 Å². The summed E-state index contributed by atoms with van der Waals surface area (Å²) in [5, 5.41) is 0. The summed E-state index contributed by atoms with van der Waals surface area (Å²) in [6, 6.07) is 0. The predicted molar refractivity (Wildman–Crippen MR) is 71.2 cm³/mol. The second kappa shape index (κ2) is 4.65. The van der Waals surface area contributed by atoms with Crippen LogP contribution in [0.25, 0.3) is 11.2 Å². The minimum atomic E-state index is -0.459. The Kier molecular flexibility index (Phi) is 3.32. The van der Waals surface area contributed by atoms with Crippen molar-refractivity contribution in [1.82, 2.24) is 19.5 Å². The van der Waals surface area contributed by atoms with Gasteiger partial charge < -0.3 is 9.72 Å². The third kappa shape index (κ3) is 2.76. The van der Waals surface area contributed by atoms with Gasteiger partial charge in [0.05, 0.1) is 5.60 Å². The number of rotatable bonds is 3. The van der Waals surface area contributed by atoms with Gasteiger partial charge in [-0.05, 0) is 27.7 Å². The number of aromatic nitrogens is 4. The summed E-state index contributed by atoms with van der Waals surface area (Å²) in [5.74, 6) is 0.531. The Morgan fingerprint density at radius 1 is 1.26 bits per heavy atom. The van der Waals surface area contributed by atoms with Crippen molar-refractivity contribution in [3.8, 4) is 0 Å². The Hall–Kier alpha value is -1.89. The van der Waals surface area contributed by atoms with E-state index in [1.165, 1.54) is 4.57 Å². The van der Waals surface area contributed by atoms with Crippen molar-refractivity contribution in [2.24, 2.45) is 0 Å². The van der Waals surface area contributed by atoms with Crippen LogP contribution in [0.5, 0.6) is 0 Å². The largest absolute Gasteiger partial charge is 0.368 e. The number of imidazole rings is 1. The number of hydrogen-bond acceptors (Lipinski definition) is 4. The number of nitrogens with one attached hydrogen (secondary N) is 2. The number of aromatic amines is 2. The van der Waals surface area contributed by atoms with Gasteiger partial charge in [-0.25, -0.2) is 9.78 Å². The molecule has 0 spiro atoms. The lowest BCUT2D eigenvalue weighted by atomic mass is 10.2. The molecule has 2 heterocycles. The molecule has 2 aromatic rings. The molecule has 0 bridgehead atoms. The SMILES string of the molecule is CCn1c(=O)[nH]c(=O)c2[nH]c(COC(C)(C)C)nc21. The molecule has 104 valence electrons. The summed E-state index contributed by atoms with van der Waals surface area (Å²) < 4.78 is 7.01. The topological polar surface area (TPSA) is 92.8 Å². The molecule has 0 aromatic carbocycles. The molecule has 7 nitrogen and oxygen atoms in total. The van der Waals surface area contributed by atoms with Crippen LogP contribution in [0.4, 0.5) is 0 Å². The molecule has 2 aromatic heterocycles. The molecule has 19 heavy (non-hydrogen) atoms. The molecule has 0 aliphatic rings. The molecular formula is C12H18N4O3. The van der Waals surface area contributed by atoms with E-state index in [0.717, 1.165) is 0 Å². The van der Waals surface area contributed by atoms with Gasteiger partial charge in [0.2, 0.25) is 0 Å². The fourth-order valence-corrected chi connectivity index (χ4v) is 1.74. The molecular weight excluding hydrogens is 248 g/mol. The van der Waals surface area contributed by atoms with E-state index in [-0.39, 0.29) is 12.2 Å². The van der Waals surface area contributed by atoms with E-state index in [2.05, 4.69) is 15.0 Å². The van der Waals surface area contributed by atoms with Crippen LogP contribution < -0.4 is 11.2 Å². The van der Waals surface area contributed by atoms with Crippen LogP contribution in [-0.2, 0) is 17.9 Å². The zero-order chi connectivity index (χ0) is 14.2. The van der Waals surface area contributed by atoms with Gasteiger partial charge in [0, 0.05) is 6.54 Å². The van der Waals surface area contributed by atoms with Crippen LogP contribution in [0, 0.1) is 0 Å². The molecule has 0 radical (unpaired) electrons. The highest BCUT2D eigenvalue weighted by atomic mass is 16.5. The second-order valence-electron chi connectivity index (χ2n) is 5.29. The summed E-state index contributed by atoms with van der Waals surface area (Å²) in [4.78, 5) is 32.8. The smallest absolute Gasteiger partial charge is 0.330 e. The minimum absolute atomic E-state index is 0.259. The normalized spacial score (nSPS) is 12.2. The number of H-pyrrole nitrogens is 2. The van der Waals surface area contributed by atoms with E-state index in [4.69, 9.17) is 4.74 Å². The first-order valence-electron chi connectivity index (χ1n) is 6.17. The Bertz CT molecular complexity index is 702. The van der Waals surface area contributed by atoms with Gasteiger partial charge in [-0.15, -0.1) is 0 Å². The number of aryl methyl sites for hydroxylation is 1. The summed E-state index contributed by atoms with van der Waals surface area (Å²) in [7, 11) is 0. The highest BCUT2D eigenvalue weighted by molar-refractivity contribution is 5.69. The van der Waals surface area contributed by atoms with Gasteiger partial charge in [-0.2, -0.15) is 0 Å². The van der Waals surface area contributed by atoms with Crippen LogP contribution in [0.1, 0.15) is 33.5 Å². The number of fused-ring (bicyclic) bond motifs is 1. The quantitative estimate of drug-likeness (QED) is 0.857. The maximum atomic E-state index is 11.7. The molecule has 0 aliphatic heterocycles. The fraction of sp³-hybridized carbons (Fsp3) is 0.583. The molecule has 2 N–H and O–H groups in total. The van der Waals surface area contributed by atoms with Gasteiger partial charge in [-0.1, -0.05) is 0 Å². The average Bonchev–Trinajstić information content (AvgIpc) is 2.70. The summed E-state index contributed by atoms with van der Waals surface area (Å²) in [6.07, 6.45) is 0. The lowest BCUT2D eigenvalue weighted by Crippen LogP contribution is -2.29. The predicted octanol–water partition coefficient (Wildman–Crippen LogP) is 0.748. The van der Waals surface area contributed by atoms with Gasteiger partial charge in [0.15, 0.2) is 5.65 Å². The highest BCUT2D eigenvalue weighted by Crippen LogP contribution is 2.11. The standard InChI is InChI=1S/C12H18N4O3/c1-5-16-9-8(10(17)15-11(16)18)13-7(14-9)6-19-12(2,3)4/h5-6H2,1-4H3,(H,13,14)(H,15,17,18). The van der Waals surface area contributed by atoms with E-state index in [1.807, 2.05) is 27.7 Å². The van der Waals surface area contributed by atoms with Crippen molar-refractivity contribution in [3.63, 3.8) is 0 Å². The number of ether oxygens (including phenoxy) is 1. The zero-order valence-corrected chi connectivity index (χ0v) is 11.5. The Labute approximate surface area is 109 Å². The third-order valence-corrected chi connectivity index (χ3v) is 2.64. The molecule has 0 atom stereocenters. The summed E-state index contributed by atoms with van der Waals surface area (Å²) in [5.41, 5.74) is -0.540. The molecule has 0 aliphatic carbocycles. The Morgan fingerprint density at radius 3 is 2.53 bits per heavy atom. The van der Waals surface area contributed by atoms with Gasteiger partial charge in [-0.3, -0.25) is 14.3 Å². The lowest BCUT2D eigenvalue weighted by Gasteiger charge is -2.18. The average molecular weight is 266 g/mol. The first kappa shape index (κ1) is 13.5. The molecule has 0 saturated carbocycles. The number of nitrogens with zero attached hydrogens (tertiary/aromatic N) is 2. The highest BCUT2D eigenvalue weighted by Gasteiger charge is 2.15. The first-order chi connectivity index (χ1) is 8.81. The second-order valence-corrected chi connectivity index (χ2v) is 5.29. The molecule has 7 heteroatoms. The molecule has 0 unspecified atom stereocenters. The van der Waals surface area contributed by atoms with Gasteiger partial charge in [0.1, 0.15) is 17.9 Å². The van der Waals surface area contributed by atoms with Crippen LogP contribution >= 0.6 is 0 Å².